The molecule has 1 saturated heterocycles. The lowest BCUT2D eigenvalue weighted by Crippen LogP contribution is -2.40. The quantitative estimate of drug-likeness (QED) is 0.570. The van der Waals surface area contributed by atoms with Crippen LogP contribution in [0.1, 0.15) is 33.1 Å². The second-order valence-electron chi connectivity index (χ2n) is 5.12. The molecule has 0 atom stereocenters. The van der Waals surface area contributed by atoms with Crippen LogP contribution < -0.4 is 0 Å². The number of carbonyl (C=O) groups excluding carboxylic acids is 2. The third kappa shape index (κ3) is 4.84. The molecule has 1 amide bonds. The third-order valence-electron chi connectivity index (χ3n) is 3.05. The number of piperidine rings is 1. The van der Waals surface area contributed by atoms with E-state index in [1.165, 1.54) is 0 Å². The van der Waals surface area contributed by atoms with Crippen LogP contribution in [0.15, 0.2) is 0 Å². The monoisotopic (exact) mass is 275 g/mol. The lowest BCUT2D eigenvalue weighted by atomic mass is 9.97. The number of halogens is 1. The minimum Gasteiger partial charge on any atom is -0.465 e. The van der Waals surface area contributed by atoms with Gasteiger partial charge in [-0.25, -0.2) is 0 Å². The van der Waals surface area contributed by atoms with Gasteiger partial charge in [0.05, 0.1) is 12.5 Å². The molecular weight excluding hydrogens is 254 g/mol. The number of esters is 1. The number of nitrogens with zero attached hydrogens (tertiary/aromatic N) is 1. The Bertz CT molecular complexity index is 286. The van der Waals surface area contributed by atoms with Gasteiger partial charge in [0.2, 0.25) is 5.91 Å². The Morgan fingerprint density at radius 2 is 1.94 bits per heavy atom. The Balaban J connectivity index is 2.30. The topological polar surface area (TPSA) is 46.6 Å². The molecule has 4 nitrogen and oxygen atoms in total. The summed E-state index contributed by atoms with van der Waals surface area (Å²) in [5.41, 5.74) is 0. The highest BCUT2D eigenvalue weighted by atomic mass is 35.5. The summed E-state index contributed by atoms with van der Waals surface area (Å²) in [7, 11) is 0. The lowest BCUT2D eigenvalue weighted by Gasteiger charge is -2.31. The van der Waals surface area contributed by atoms with Gasteiger partial charge in [-0.05, 0) is 18.8 Å². The summed E-state index contributed by atoms with van der Waals surface area (Å²) < 4.78 is 5.22. The Hall–Kier alpha value is -0.770. The first-order chi connectivity index (χ1) is 8.54. The van der Waals surface area contributed by atoms with Crippen molar-refractivity contribution in [3.8, 4) is 0 Å². The maximum Gasteiger partial charge on any atom is 0.309 e. The van der Waals surface area contributed by atoms with Crippen LogP contribution in [0.2, 0.25) is 0 Å². The standard InChI is InChI=1S/C13H22ClNO3/c1-10(2)9-18-13(17)11-4-7-15(8-5-11)12(16)3-6-14/h10-11H,3-9H2,1-2H3. The molecule has 0 aromatic heterocycles. The SMILES string of the molecule is CC(C)COC(=O)C1CCN(C(=O)CCCl)CC1. The summed E-state index contributed by atoms with van der Waals surface area (Å²) in [6.07, 6.45) is 1.78. The molecule has 0 bridgehead atoms. The van der Waals surface area contributed by atoms with Gasteiger partial charge in [-0.1, -0.05) is 13.8 Å². The van der Waals surface area contributed by atoms with E-state index in [0.717, 1.165) is 0 Å². The highest BCUT2D eigenvalue weighted by Crippen LogP contribution is 2.19. The van der Waals surface area contributed by atoms with Gasteiger partial charge in [-0.15, -0.1) is 11.6 Å². The van der Waals surface area contributed by atoms with Gasteiger partial charge in [0.25, 0.3) is 0 Å². The van der Waals surface area contributed by atoms with Gasteiger partial charge in [0.1, 0.15) is 0 Å². The van der Waals surface area contributed by atoms with E-state index in [4.69, 9.17) is 16.3 Å². The van der Waals surface area contributed by atoms with Crippen molar-refractivity contribution in [2.75, 3.05) is 25.6 Å². The molecule has 0 aromatic carbocycles. The van der Waals surface area contributed by atoms with Crippen molar-refractivity contribution in [1.29, 1.82) is 0 Å². The average molecular weight is 276 g/mol. The fourth-order valence-electron chi connectivity index (χ4n) is 1.97. The van der Waals surface area contributed by atoms with E-state index in [9.17, 15) is 9.59 Å². The van der Waals surface area contributed by atoms with E-state index in [1.54, 1.807) is 4.90 Å². The molecule has 0 aromatic rings. The van der Waals surface area contributed by atoms with Crippen molar-refractivity contribution < 1.29 is 14.3 Å². The molecule has 1 fully saturated rings. The smallest absolute Gasteiger partial charge is 0.309 e. The first-order valence-electron chi connectivity index (χ1n) is 6.55. The number of rotatable bonds is 5. The van der Waals surface area contributed by atoms with E-state index in [0.29, 0.717) is 50.8 Å². The molecule has 5 heteroatoms. The molecule has 1 aliphatic rings. The molecule has 1 rings (SSSR count). The van der Waals surface area contributed by atoms with Crippen molar-refractivity contribution >= 4 is 23.5 Å². The Kier molecular flexibility index (Phi) is 6.47. The molecule has 1 aliphatic heterocycles. The summed E-state index contributed by atoms with van der Waals surface area (Å²) >= 11 is 5.54. The maximum absolute atomic E-state index is 11.8. The van der Waals surface area contributed by atoms with Gasteiger partial charge in [-0.2, -0.15) is 0 Å². The minimum atomic E-state index is -0.117. The second kappa shape index (κ2) is 7.62. The van der Waals surface area contributed by atoms with Gasteiger partial charge in [0.15, 0.2) is 0 Å². The number of alkyl halides is 1. The molecule has 0 spiro atoms. The highest BCUT2D eigenvalue weighted by Gasteiger charge is 2.28. The van der Waals surface area contributed by atoms with Crippen molar-refractivity contribution in [1.82, 2.24) is 4.90 Å². The third-order valence-corrected chi connectivity index (χ3v) is 3.24. The molecule has 104 valence electrons. The predicted molar refractivity (Wildman–Crippen MR) is 70.4 cm³/mol. The molecular formula is C13H22ClNO3. The summed E-state index contributed by atoms with van der Waals surface area (Å²) in [6.45, 7) is 5.78. The predicted octanol–water partition coefficient (Wildman–Crippen LogP) is 2.05. The fourth-order valence-corrected chi connectivity index (χ4v) is 2.13. The number of hydrogen-bond donors (Lipinski definition) is 0. The van der Waals surface area contributed by atoms with Crippen molar-refractivity contribution in [2.24, 2.45) is 11.8 Å². The zero-order chi connectivity index (χ0) is 13.5. The largest absolute Gasteiger partial charge is 0.465 e. The second-order valence-corrected chi connectivity index (χ2v) is 5.50. The van der Waals surface area contributed by atoms with Crippen LogP contribution in [0.3, 0.4) is 0 Å². The van der Waals surface area contributed by atoms with Crippen molar-refractivity contribution in [2.45, 2.75) is 33.1 Å². The summed E-state index contributed by atoms with van der Waals surface area (Å²) in [4.78, 5) is 25.2. The van der Waals surface area contributed by atoms with Crippen molar-refractivity contribution in [3.63, 3.8) is 0 Å². The van der Waals surface area contributed by atoms with Crippen LogP contribution in [0.25, 0.3) is 0 Å². The number of hydrogen-bond acceptors (Lipinski definition) is 3. The van der Waals surface area contributed by atoms with E-state index in [2.05, 4.69) is 0 Å². The van der Waals surface area contributed by atoms with Crippen LogP contribution in [0.5, 0.6) is 0 Å². The molecule has 0 unspecified atom stereocenters. The first kappa shape index (κ1) is 15.3. The van der Waals surface area contributed by atoms with Crippen LogP contribution >= 0.6 is 11.6 Å². The molecule has 0 radical (unpaired) electrons. The summed E-state index contributed by atoms with van der Waals surface area (Å²) in [6, 6.07) is 0. The molecule has 1 heterocycles. The van der Waals surface area contributed by atoms with E-state index in [1.807, 2.05) is 13.8 Å². The molecule has 0 aliphatic carbocycles. The average Bonchev–Trinajstić information content (AvgIpc) is 2.36. The molecule has 18 heavy (non-hydrogen) atoms. The first-order valence-corrected chi connectivity index (χ1v) is 7.08. The highest BCUT2D eigenvalue weighted by molar-refractivity contribution is 6.18. The van der Waals surface area contributed by atoms with Crippen LogP contribution in [0.4, 0.5) is 0 Å². The number of amides is 1. The van der Waals surface area contributed by atoms with E-state index in [-0.39, 0.29) is 17.8 Å². The molecule has 0 saturated carbocycles. The van der Waals surface area contributed by atoms with E-state index < -0.39 is 0 Å². The number of ether oxygens (including phenoxy) is 1. The van der Waals surface area contributed by atoms with E-state index >= 15 is 0 Å². The number of carbonyl (C=O) groups is 2. The fraction of sp³-hybridized carbons (Fsp3) is 0.846. The van der Waals surface area contributed by atoms with Crippen LogP contribution in [-0.2, 0) is 14.3 Å². The van der Waals surface area contributed by atoms with Gasteiger partial charge < -0.3 is 9.64 Å². The number of likely N-dealkylation sites (tertiary alicyclic amines) is 1. The van der Waals surface area contributed by atoms with Crippen molar-refractivity contribution in [3.05, 3.63) is 0 Å². The van der Waals surface area contributed by atoms with Gasteiger partial charge >= 0.3 is 5.97 Å². The van der Waals surface area contributed by atoms with Gasteiger partial charge in [0, 0.05) is 25.4 Å². The zero-order valence-electron chi connectivity index (χ0n) is 11.2. The van der Waals surface area contributed by atoms with Gasteiger partial charge in [-0.3, -0.25) is 9.59 Å². The maximum atomic E-state index is 11.8. The summed E-state index contributed by atoms with van der Waals surface area (Å²) in [5.74, 6) is 0.630. The Morgan fingerprint density at radius 1 is 1.33 bits per heavy atom. The zero-order valence-corrected chi connectivity index (χ0v) is 11.9. The minimum absolute atomic E-state index is 0.0520. The summed E-state index contributed by atoms with van der Waals surface area (Å²) in [5, 5.41) is 0. The normalized spacial score (nSPS) is 17.0. The lowest BCUT2D eigenvalue weighted by molar-refractivity contribution is -0.152. The van der Waals surface area contributed by atoms with Crippen LogP contribution in [0, 0.1) is 11.8 Å². The van der Waals surface area contributed by atoms with Crippen LogP contribution in [-0.4, -0.2) is 42.4 Å². The molecule has 0 N–H and O–H groups in total. The Morgan fingerprint density at radius 3 is 2.44 bits per heavy atom. The Labute approximate surface area is 114 Å².